The molecule has 33 heavy (non-hydrogen) atoms. The first-order valence-electron chi connectivity index (χ1n) is 10.3. The highest BCUT2D eigenvalue weighted by Gasteiger charge is 2.13. The third kappa shape index (κ3) is 5.77. The number of amides is 1. The molecule has 3 aromatic carbocycles. The highest BCUT2D eigenvalue weighted by molar-refractivity contribution is 6.02. The van der Waals surface area contributed by atoms with E-state index in [9.17, 15) is 14.7 Å². The number of rotatable bonds is 8. The summed E-state index contributed by atoms with van der Waals surface area (Å²) in [4.78, 5) is 23.9. The Morgan fingerprint density at radius 3 is 2.30 bits per heavy atom. The van der Waals surface area contributed by atoms with E-state index >= 15 is 0 Å². The maximum absolute atomic E-state index is 12.3. The zero-order valence-electron chi connectivity index (χ0n) is 17.7. The number of ether oxygens (including phenoxy) is 1. The van der Waals surface area contributed by atoms with Gasteiger partial charge in [-0.1, -0.05) is 42.5 Å². The van der Waals surface area contributed by atoms with Crippen LogP contribution >= 0.6 is 0 Å². The van der Waals surface area contributed by atoms with Crippen molar-refractivity contribution in [2.45, 2.75) is 6.61 Å². The minimum Gasteiger partial charge on any atom is -0.489 e. The van der Waals surface area contributed by atoms with Crippen molar-refractivity contribution in [2.24, 2.45) is 0 Å². The van der Waals surface area contributed by atoms with Gasteiger partial charge in [-0.3, -0.25) is 4.79 Å². The zero-order valence-corrected chi connectivity index (χ0v) is 17.7. The van der Waals surface area contributed by atoms with Crippen LogP contribution in [-0.4, -0.2) is 21.6 Å². The van der Waals surface area contributed by atoms with Crippen molar-refractivity contribution in [1.29, 1.82) is 0 Å². The lowest BCUT2D eigenvalue weighted by Gasteiger charge is -2.09. The summed E-state index contributed by atoms with van der Waals surface area (Å²) in [7, 11) is 0. The number of aliphatic carboxylic acids is 1. The first kappa shape index (κ1) is 21.6. The molecule has 0 unspecified atom stereocenters. The molecule has 2 N–H and O–H groups in total. The normalized spacial score (nSPS) is 11.1. The quantitative estimate of drug-likeness (QED) is 0.383. The van der Waals surface area contributed by atoms with Crippen molar-refractivity contribution in [1.82, 2.24) is 9.88 Å². The summed E-state index contributed by atoms with van der Waals surface area (Å²) >= 11 is 0. The van der Waals surface area contributed by atoms with Gasteiger partial charge in [0, 0.05) is 23.6 Å². The Bertz CT molecular complexity index is 1260. The molecule has 0 spiro atoms. The lowest BCUT2D eigenvalue weighted by Crippen LogP contribution is -2.27. The molecule has 0 bridgehead atoms. The molecular formula is C27H22N2O4. The summed E-state index contributed by atoms with van der Waals surface area (Å²) in [5, 5.41) is 11.9. The number of hydrogen-bond donors (Lipinski definition) is 2. The van der Waals surface area contributed by atoms with Crippen molar-refractivity contribution in [3.8, 4) is 11.4 Å². The second-order valence-electron chi connectivity index (χ2n) is 7.30. The summed E-state index contributed by atoms with van der Waals surface area (Å²) < 4.78 is 7.91. The topological polar surface area (TPSA) is 80.6 Å². The van der Waals surface area contributed by atoms with E-state index in [0.29, 0.717) is 23.5 Å². The number of carbonyl (C=O) groups is 2. The Morgan fingerprint density at radius 1 is 0.879 bits per heavy atom. The van der Waals surface area contributed by atoms with E-state index in [1.807, 2.05) is 47.3 Å². The second-order valence-corrected chi connectivity index (χ2v) is 7.30. The molecule has 164 valence electrons. The van der Waals surface area contributed by atoms with Gasteiger partial charge in [-0.05, 0) is 65.7 Å². The molecule has 0 saturated heterocycles. The Hall–Kier alpha value is -4.58. The monoisotopic (exact) mass is 438 g/mol. The van der Waals surface area contributed by atoms with Crippen molar-refractivity contribution in [2.75, 3.05) is 0 Å². The summed E-state index contributed by atoms with van der Waals surface area (Å²) in [6.07, 6.45) is 5.38. The van der Waals surface area contributed by atoms with Gasteiger partial charge in [0.2, 0.25) is 0 Å². The van der Waals surface area contributed by atoms with Crippen molar-refractivity contribution >= 4 is 18.0 Å². The molecule has 4 aromatic rings. The number of carboxylic acid groups (broad SMARTS) is 1. The van der Waals surface area contributed by atoms with Crippen LogP contribution < -0.4 is 10.1 Å². The van der Waals surface area contributed by atoms with Gasteiger partial charge in [0.1, 0.15) is 18.1 Å². The van der Waals surface area contributed by atoms with E-state index in [-0.39, 0.29) is 5.70 Å². The predicted octanol–water partition coefficient (Wildman–Crippen LogP) is 4.91. The molecule has 0 radical (unpaired) electrons. The molecule has 0 aliphatic heterocycles. The van der Waals surface area contributed by atoms with Crippen LogP contribution in [0.2, 0.25) is 0 Å². The number of aromatic nitrogens is 1. The number of carbonyl (C=O) groups excluding carboxylic acids is 1. The van der Waals surface area contributed by atoms with Gasteiger partial charge in [-0.15, -0.1) is 0 Å². The molecule has 0 atom stereocenters. The van der Waals surface area contributed by atoms with Crippen molar-refractivity contribution in [3.05, 3.63) is 126 Å². The SMILES string of the molecule is O=C(O)/C(=C/c1ccc(OCc2cccc(-n3cccc3)c2)cc1)NC(=O)c1ccccc1. The largest absolute Gasteiger partial charge is 0.489 e. The fraction of sp³-hybridized carbons (Fsp3) is 0.0370. The summed E-state index contributed by atoms with van der Waals surface area (Å²) in [5.74, 6) is -1.04. The second kappa shape index (κ2) is 10.2. The molecule has 4 rings (SSSR count). The first-order chi connectivity index (χ1) is 16.1. The third-order valence-electron chi connectivity index (χ3n) is 4.92. The van der Waals surface area contributed by atoms with E-state index in [4.69, 9.17) is 4.74 Å². The molecule has 0 aliphatic rings. The van der Waals surface area contributed by atoms with Gasteiger partial charge in [-0.25, -0.2) is 4.79 Å². The van der Waals surface area contributed by atoms with Crippen LogP contribution in [-0.2, 0) is 11.4 Å². The van der Waals surface area contributed by atoms with Crippen LogP contribution in [0.5, 0.6) is 5.75 Å². The number of hydrogen-bond acceptors (Lipinski definition) is 3. The Kier molecular flexibility index (Phi) is 6.66. The Morgan fingerprint density at radius 2 is 1.61 bits per heavy atom. The molecule has 1 amide bonds. The van der Waals surface area contributed by atoms with Gasteiger partial charge >= 0.3 is 5.97 Å². The fourth-order valence-electron chi connectivity index (χ4n) is 3.24. The van der Waals surface area contributed by atoms with Gasteiger partial charge in [0.25, 0.3) is 5.91 Å². The minimum absolute atomic E-state index is 0.209. The van der Waals surface area contributed by atoms with E-state index in [0.717, 1.165) is 11.3 Å². The molecular weight excluding hydrogens is 416 g/mol. The number of nitrogens with one attached hydrogen (secondary N) is 1. The average Bonchev–Trinajstić information content (AvgIpc) is 3.39. The summed E-state index contributed by atoms with van der Waals surface area (Å²) in [6.45, 7) is 0.401. The molecule has 1 heterocycles. The Balaban J connectivity index is 1.41. The highest BCUT2D eigenvalue weighted by atomic mass is 16.5. The zero-order chi connectivity index (χ0) is 23.0. The summed E-state index contributed by atoms with van der Waals surface area (Å²) in [6, 6.07) is 27.5. The average molecular weight is 438 g/mol. The first-order valence-corrected chi connectivity index (χ1v) is 10.3. The Labute approximate surface area is 191 Å². The lowest BCUT2D eigenvalue weighted by atomic mass is 10.1. The number of carboxylic acids is 1. The van der Waals surface area contributed by atoms with Gasteiger partial charge in [-0.2, -0.15) is 0 Å². The van der Waals surface area contributed by atoms with Gasteiger partial charge in [0.15, 0.2) is 0 Å². The van der Waals surface area contributed by atoms with Crippen LogP contribution in [0.25, 0.3) is 11.8 Å². The number of benzene rings is 3. The van der Waals surface area contributed by atoms with E-state index in [1.165, 1.54) is 6.08 Å². The van der Waals surface area contributed by atoms with E-state index < -0.39 is 11.9 Å². The maximum Gasteiger partial charge on any atom is 0.352 e. The molecule has 0 aliphatic carbocycles. The van der Waals surface area contributed by atoms with Crippen LogP contribution in [0.3, 0.4) is 0 Å². The van der Waals surface area contributed by atoms with Crippen molar-refractivity contribution in [3.63, 3.8) is 0 Å². The smallest absolute Gasteiger partial charge is 0.352 e. The predicted molar refractivity (Wildman–Crippen MR) is 126 cm³/mol. The van der Waals surface area contributed by atoms with Crippen LogP contribution in [0.15, 0.2) is 109 Å². The minimum atomic E-state index is -1.22. The highest BCUT2D eigenvalue weighted by Crippen LogP contribution is 2.18. The van der Waals surface area contributed by atoms with Gasteiger partial charge in [0.05, 0.1) is 0 Å². The number of nitrogens with zero attached hydrogens (tertiary/aromatic N) is 1. The molecule has 1 aromatic heterocycles. The molecule has 6 nitrogen and oxygen atoms in total. The van der Waals surface area contributed by atoms with Crippen LogP contribution in [0.4, 0.5) is 0 Å². The fourth-order valence-corrected chi connectivity index (χ4v) is 3.24. The van der Waals surface area contributed by atoms with Gasteiger partial charge < -0.3 is 19.7 Å². The van der Waals surface area contributed by atoms with Crippen LogP contribution in [0, 0.1) is 0 Å². The molecule has 0 saturated carbocycles. The van der Waals surface area contributed by atoms with E-state index in [1.54, 1.807) is 54.6 Å². The maximum atomic E-state index is 12.3. The summed E-state index contributed by atoms with van der Waals surface area (Å²) in [5.41, 5.74) is 2.89. The lowest BCUT2D eigenvalue weighted by molar-refractivity contribution is -0.132. The molecule has 0 fully saturated rings. The third-order valence-corrected chi connectivity index (χ3v) is 4.92. The van der Waals surface area contributed by atoms with Crippen molar-refractivity contribution < 1.29 is 19.4 Å². The molecule has 6 heteroatoms. The van der Waals surface area contributed by atoms with Crippen LogP contribution in [0.1, 0.15) is 21.5 Å². The van der Waals surface area contributed by atoms with E-state index in [2.05, 4.69) is 11.4 Å². The standard InChI is InChI=1S/C27H22N2O4/c30-26(22-8-2-1-3-9-22)28-25(27(31)32)18-20-11-13-24(14-12-20)33-19-21-7-6-10-23(17-21)29-15-4-5-16-29/h1-18H,19H2,(H,28,30)(H,31,32)/b25-18-.